The van der Waals surface area contributed by atoms with Gasteiger partial charge >= 0.3 is 0 Å². The highest BCUT2D eigenvalue weighted by molar-refractivity contribution is 5.33. The van der Waals surface area contributed by atoms with Crippen LogP contribution in [0.25, 0.3) is 0 Å². The van der Waals surface area contributed by atoms with Gasteiger partial charge in [-0.05, 0) is 42.3 Å². The molecule has 0 aliphatic heterocycles. The molecule has 4 nitrogen and oxygen atoms in total. The van der Waals surface area contributed by atoms with E-state index in [2.05, 4.69) is 0 Å². The van der Waals surface area contributed by atoms with E-state index in [0.717, 1.165) is 5.75 Å². The molecule has 2 atom stereocenters. The number of ether oxygens (including phenoxy) is 2. The number of aliphatic hydroxyl groups is 2. The molecule has 2 aromatic rings. The standard InChI is InChI=1S/C17H20O4/c1-3-21-15-10-6-13(7-11-15)17(19)16(18)12-4-8-14(20-2)9-5-12/h4-11,16-19H,3H2,1-2H3. The first-order chi connectivity index (χ1) is 10.2. The summed E-state index contributed by atoms with van der Waals surface area (Å²) in [4.78, 5) is 0. The van der Waals surface area contributed by atoms with Crippen LogP contribution >= 0.6 is 0 Å². The molecule has 0 spiro atoms. The number of rotatable bonds is 6. The highest BCUT2D eigenvalue weighted by Crippen LogP contribution is 2.30. The minimum atomic E-state index is -0.992. The van der Waals surface area contributed by atoms with Crippen molar-refractivity contribution >= 4 is 0 Å². The summed E-state index contributed by atoms with van der Waals surface area (Å²) < 4.78 is 10.4. The molecule has 21 heavy (non-hydrogen) atoms. The molecule has 0 bridgehead atoms. The normalized spacial score (nSPS) is 13.5. The van der Waals surface area contributed by atoms with E-state index in [1.165, 1.54) is 0 Å². The van der Waals surface area contributed by atoms with Gasteiger partial charge in [0.25, 0.3) is 0 Å². The fourth-order valence-corrected chi connectivity index (χ4v) is 2.09. The summed E-state index contributed by atoms with van der Waals surface area (Å²) in [5.41, 5.74) is 1.28. The molecule has 0 fully saturated rings. The van der Waals surface area contributed by atoms with Crippen molar-refractivity contribution in [2.75, 3.05) is 13.7 Å². The molecule has 0 amide bonds. The van der Waals surface area contributed by atoms with Gasteiger partial charge in [0.2, 0.25) is 0 Å². The van der Waals surface area contributed by atoms with E-state index >= 15 is 0 Å². The molecule has 4 heteroatoms. The second-order valence-corrected chi connectivity index (χ2v) is 4.66. The fraction of sp³-hybridized carbons (Fsp3) is 0.294. The predicted molar refractivity (Wildman–Crippen MR) is 80.5 cm³/mol. The average molecular weight is 288 g/mol. The van der Waals surface area contributed by atoms with Gasteiger partial charge in [-0.25, -0.2) is 0 Å². The number of hydrogen-bond acceptors (Lipinski definition) is 4. The lowest BCUT2D eigenvalue weighted by Gasteiger charge is -2.19. The molecular formula is C17H20O4. The first-order valence-corrected chi connectivity index (χ1v) is 6.88. The molecule has 2 aromatic carbocycles. The van der Waals surface area contributed by atoms with Crippen LogP contribution < -0.4 is 9.47 Å². The Hall–Kier alpha value is -2.04. The van der Waals surface area contributed by atoms with E-state index < -0.39 is 12.2 Å². The molecule has 0 aliphatic carbocycles. The van der Waals surface area contributed by atoms with E-state index in [1.807, 2.05) is 6.92 Å². The van der Waals surface area contributed by atoms with Crippen LogP contribution in [0.5, 0.6) is 11.5 Å². The highest BCUT2D eigenvalue weighted by Gasteiger charge is 2.20. The van der Waals surface area contributed by atoms with Crippen molar-refractivity contribution in [1.82, 2.24) is 0 Å². The van der Waals surface area contributed by atoms with Crippen molar-refractivity contribution in [3.63, 3.8) is 0 Å². The molecule has 0 radical (unpaired) electrons. The lowest BCUT2D eigenvalue weighted by Crippen LogP contribution is -2.10. The first-order valence-electron chi connectivity index (χ1n) is 6.88. The van der Waals surface area contributed by atoms with Gasteiger partial charge in [0, 0.05) is 0 Å². The van der Waals surface area contributed by atoms with Gasteiger partial charge in [-0.2, -0.15) is 0 Å². The summed E-state index contributed by atoms with van der Waals surface area (Å²) in [5.74, 6) is 1.45. The Bertz CT molecular complexity index is 548. The number of aliphatic hydroxyl groups excluding tert-OH is 2. The molecule has 0 aliphatic rings. The van der Waals surface area contributed by atoms with Gasteiger partial charge in [-0.15, -0.1) is 0 Å². The minimum Gasteiger partial charge on any atom is -0.497 e. The van der Waals surface area contributed by atoms with E-state index in [1.54, 1.807) is 55.6 Å². The summed E-state index contributed by atoms with van der Waals surface area (Å²) in [6.07, 6.45) is -1.98. The Balaban J connectivity index is 2.11. The van der Waals surface area contributed by atoms with E-state index in [9.17, 15) is 10.2 Å². The SMILES string of the molecule is CCOc1ccc(C(O)C(O)c2ccc(OC)cc2)cc1. The molecule has 2 rings (SSSR count). The molecule has 0 heterocycles. The Morgan fingerprint density at radius 3 is 1.62 bits per heavy atom. The third-order valence-electron chi connectivity index (χ3n) is 3.29. The summed E-state index contributed by atoms with van der Waals surface area (Å²) in [6.45, 7) is 2.51. The largest absolute Gasteiger partial charge is 0.497 e. The van der Waals surface area contributed by atoms with Gasteiger partial charge in [0.1, 0.15) is 23.7 Å². The van der Waals surface area contributed by atoms with Crippen LogP contribution in [0.4, 0.5) is 0 Å². The zero-order valence-electron chi connectivity index (χ0n) is 12.2. The Labute approximate surface area is 124 Å². The van der Waals surface area contributed by atoms with E-state index in [-0.39, 0.29) is 0 Å². The third-order valence-corrected chi connectivity index (χ3v) is 3.29. The summed E-state index contributed by atoms with van der Waals surface area (Å²) in [5, 5.41) is 20.5. The third kappa shape index (κ3) is 3.74. The lowest BCUT2D eigenvalue weighted by atomic mass is 9.98. The van der Waals surface area contributed by atoms with Crippen LogP contribution in [-0.2, 0) is 0 Å². The van der Waals surface area contributed by atoms with Crippen LogP contribution in [0.1, 0.15) is 30.3 Å². The molecule has 0 aromatic heterocycles. The maximum Gasteiger partial charge on any atom is 0.119 e. The van der Waals surface area contributed by atoms with Crippen LogP contribution in [0, 0.1) is 0 Å². The Morgan fingerprint density at radius 1 is 0.810 bits per heavy atom. The minimum absolute atomic E-state index is 0.594. The van der Waals surface area contributed by atoms with Crippen molar-refractivity contribution < 1.29 is 19.7 Å². The monoisotopic (exact) mass is 288 g/mol. The zero-order valence-corrected chi connectivity index (χ0v) is 12.2. The second kappa shape index (κ2) is 7.11. The molecule has 0 saturated heterocycles. The topological polar surface area (TPSA) is 58.9 Å². The number of hydrogen-bond donors (Lipinski definition) is 2. The summed E-state index contributed by atoms with van der Waals surface area (Å²) in [7, 11) is 1.58. The van der Waals surface area contributed by atoms with Crippen LogP contribution in [0.2, 0.25) is 0 Å². The van der Waals surface area contributed by atoms with Crippen molar-refractivity contribution in [3.8, 4) is 11.5 Å². The van der Waals surface area contributed by atoms with E-state index in [4.69, 9.17) is 9.47 Å². The van der Waals surface area contributed by atoms with Crippen molar-refractivity contribution in [3.05, 3.63) is 59.7 Å². The van der Waals surface area contributed by atoms with Crippen molar-refractivity contribution in [2.45, 2.75) is 19.1 Å². The van der Waals surface area contributed by atoms with Gasteiger partial charge < -0.3 is 19.7 Å². The first kappa shape index (κ1) is 15.4. The highest BCUT2D eigenvalue weighted by atomic mass is 16.5. The molecular weight excluding hydrogens is 268 g/mol. The molecule has 0 saturated carbocycles. The van der Waals surface area contributed by atoms with Gasteiger partial charge in [0.15, 0.2) is 0 Å². The molecule has 112 valence electrons. The zero-order chi connectivity index (χ0) is 15.2. The Morgan fingerprint density at radius 2 is 1.24 bits per heavy atom. The smallest absolute Gasteiger partial charge is 0.119 e. The average Bonchev–Trinajstić information content (AvgIpc) is 2.54. The van der Waals surface area contributed by atoms with Crippen molar-refractivity contribution in [1.29, 1.82) is 0 Å². The van der Waals surface area contributed by atoms with Crippen LogP contribution in [0.15, 0.2) is 48.5 Å². The fourth-order valence-electron chi connectivity index (χ4n) is 2.09. The van der Waals surface area contributed by atoms with E-state index in [0.29, 0.717) is 23.5 Å². The Kier molecular flexibility index (Phi) is 5.20. The maximum absolute atomic E-state index is 10.3. The molecule has 2 N–H and O–H groups in total. The summed E-state index contributed by atoms with van der Waals surface area (Å²) >= 11 is 0. The quantitative estimate of drug-likeness (QED) is 0.858. The van der Waals surface area contributed by atoms with Gasteiger partial charge in [-0.1, -0.05) is 24.3 Å². The van der Waals surface area contributed by atoms with Gasteiger partial charge in [0.05, 0.1) is 13.7 Å². The summed E-state index contributed by atoms with van der Waals surface area (Å²) in [6, 6.07) is 14.0. The second-order valence-electron chi connectivity index (χ2n) is 4.66. The predicted octanol–water partition coefficient (Wildman–Crippen LogP) is 2.86. The van der Waals surface area contributed by atoms with Crippen LogP contribution in [0.3, 0.4) is 0 Å². The molecule has 2 unspecified atom stereocenters. The van der Waals surface area contributed by atoms with Crippen LogP contribution in [-0.4, -0.2) is 23.9 Å². The lowest BCUT2D eigenvalue weighted by molar-refractivity contribution is 0.0172. The number of benzene rings is 2. The van der Waals surface area contributed by atoms with Crippen molar-refractivity contribution in [2.24, 2.45) is 0 Å². The maximum atomic E-state index is 10.3. The number of methoxy groups -OCH3 is 1. The van der Waals surface area contributed by atoms with Gasteiger partial charge in [-0.3, -0.25) is 0 Å².